The number of benzene rings is 2. The Morgan fingerprint density at radius 1 is 1.04 bits per heavy atom. The Bertz CT molecular complexity index is 739. The first-order chi connectivity index (χ1) is 12.0. The number of carbonyl (C=O) groups is 2. The number of rotatable bonds is 7. The molecule has 0 bridgehead atoms. The summed E-state index contributed by atoms with van der Waals surface area (Å²) in [6, 6.07) is 12.6. The molecule has 0 aliphatic heterocycles. The molecule has 0 aromatic heterocycles. The highest BCUT2D eigenvalue weighted by Gasteiger charge is 2.08. The van der Waals surface area contributed by atoms with E-state index >= 15 is 0 Å². The third-order valence-electron chi connectivity index (χ3n) is 3.89. The fourth-order valence-corrected chi connectivity index (χ4v) is 2.29. The van der Waals surface area contributed by atoms with Gasteiger partial charge in [-0.2, -0.15) is 0 Å². The predicted octanol–water partition coefficient (Wildman–Crippen LogP) is 3.92. The van der Waals surface area contributed by atoms with Crippen LogP contribution in [0.5, 0.6) is 0 Å². The molecule has 5 nitrogen and oxygen atoms in total. The van der Waals surface area contributed by atoms with Crippen LogP contribution in [0.4, 0.5) is 11.4 Å². The molecule has 1 amide bonds. The molecule has 0 radical (unpaired) electrons. The summed E-state index contributed by atoms with van der Waals surface area (Å²) in [5.74, 6) is -0.501. The molecule has 2 aromatic rings. The summed E-state index contributed by atoms with van der Waals surface area (Å²) in [7, 11) is 0. The van der Waals surface area contributed by atoms with Crippen molar-refractivity contribution in [3.8, 4) is 0 Å². The standard InChI is InChI=1S/C20H24N2O3/c1-4-12-25-20(24)16-8-10-17(11-9-16)22-19(23)13-21-18-7-5-6-14(2)15(18)3/h5-11,21H,4,12-13H2,1-3H3,(H,22,23). The molecule has 0 atom stereocenters. The van der Waals surface area contributed by atoms with Gasteiger partial charge in [0.05, 0.1) is 18.7 Å². The van der Waals surface area contributed by atoms with Gasteiger partial charge in [0, 0.05) is 11.4 Å². The van der Waals surface area contributed by atoms with Crippen LogP contribution in [0.1, 0.15) is 34.8 Å². The number of carbonyl (C=O) groups excluding carboxylic acids is 2. The summed E-state index contributed by atoms with van der Waals surface area (Å²) in [5.41, 5.74) is 4.37. The van der Waals surface area contributed by atoms with Gasteiger partial charge in [-0.05, 0) is 61.7 Å². The average Bonchev–Trinajstić information content (AvgIpc) is 2.61. The fourth-order valence-electron chi connectivity index (χ4n) is 2.29. The van der Waals surface area contributed by atoms with Crippen LogP contribution in [0.25, 0.3) is 0 Å². The normalized spacial score (nSPS) is 10.2. The van der Waals surface area contributed by atoms with Crippen molar-refractivity contribution in [2.24, 2.45) is 0 Å². The smallest absolute Gasteiger partial charge is 0.338 e. The first-order valence-corrected chi connectivity index (χ1v) is 8.38. The van der Waals surface area contributed by atoms with Crippen molar-refractivity contribution in [1.82, 2.24) is 0 Å². The zero-order valence-corrected chi connectivity index (χ0v) is 14.9. The lowest BCUT2D eigenvalue weighted by Gasteiger charge is -2.12. The third-order valence-corrected chi connectivity index (χ3v) is 3.89. The van der Waals surface area contributed by atoms with Crippen LogP contribution in [0.3, 0.4) is 0 Å². The highest BCUT2D eigenvalue weighted by Crippen LogP contribution is 2.17. The molecule has 2 N–H and O–H groups in total. The topological polar surface area (TPSA) is 67.4 Å². The molecule has 0 heterocycles. The van der Waals surface area contributed by atoms with Gasteiger partial charge < -0.3 is 15.4 Å². The quantitative estimate of drug-likeness (QED) is 0.750. The van der Waals surface area contributed by atoms with Crippen LogP contribution in [0.15, 0.2) is 42.5 Å². The second-order valence-electron chi connectivity index (χ2n) is 5.86. The molecule has 2 rings (SSSR count). The molecule has 2 aromatic carbocycles. The summed E-state index contributed by atoms with van der Waals surface area (Å²) in [6.07, 6.45) is 0.785. The summed E-state index contributed by atoms with van der Waals surface area (Å²) in [5, 5.41) is 5.94. The first-order valence-electron chi connectivity index (χ1n) is 8.38. The van der Waals surface area contributed by atoms with Gasteiger partial charge in [0.25, 0.3) is 0 Å². The van der Waals surface area contributed by atoms with Gasteiger partial charge in [-0.15, -0.1) is 0 Å². The Balaban J connectivity index is 1.88. The SMILES string of the molecule is CCCOC(=O)c1ccc(NC(=O)CNc2cccc(C)c2C)cc1. The lowest BCUT2D eigenvalue weighted by Crippen LogP contribution is -2.22. The minimum atomic E-state index is -0.351. The van der Waals surface area contributed by atoms with Crippen molar-refractivity contribution in [1.29, 1.82) is 0 Å². The van der Waals surface area contributed by atoms with Crippen molar-refractivity contribution >= 4 is 23.3 Å². The van der Waals surface area contributed by atoms with E-state index in [2.05, 4.69) is 10.6 Å². The molecular weight excluding hydrogens is 316 g/mol. The molecule has 132 valence electrons. The Hall–Kier alpha value is -2.82. The van der Waals surface area contributed by atoms with Crippen molar-refractivity contribution in [3.63, 3.8) is 0 Å². The van der Waals surface area contributed by atoms with Gasteiger partial charge in [0.2, 0.25) is 5.91 Å². The number of ether oxygens (including phenoxy) is 1. The highest BCUT2D eigenvalue weighted by atomic mass is 16.5. The van der Waals surface area contributed by atoms with E-state index in [1.54, 1.807) is 24.3 Å². The molecule has 0 saturated heterocycles. The number of amides is 1. The van der Waals surface area contributed by atoms with Gasteiger partial charge in [-0.1, -0.05) is 19.1 Å². The Morgan fingerprint density at radius 3 is 2.44 bits per heavy atom. The lowest BCUT2D eigenvalue weighted by atomic mass is 10.1. The van der Waals surface area contributed by atoms with E-state index in [0.29, 0.717) is 17.9 Å². The van der Waals surface area contributed by atoms with Gasteiger partial charge >= 0.3 is 5.97 Å². The zero-order chi connectivity index (χ0) is 18.2. The van der Waals surface area contributed by atoms with Crippen molar-refractivity contribution in [2.75, 3.05) is 23.8 Å². The summed E-state index contributed by atoms with van der Waals surface area (Å²) in [6.45, 7) is 6.57. The van der Waals surface area contributed by atoms with E-state index in [0.717, 1.165) is 17.7 Å². The zero-order valence-electron chi connectivity index (χ0n) is 14.9. The van der Waals surface area contributed by atoms with Gasteiger partial charge in [0.1, 0.15) is 0 Å². The largest absolute Gasteiger partial charge is 0.462 e. The average molecular weight is 340 g/mol. The van der Waals surface area contributed by atoms with Crippen LogP contribution in [-0.2, 0) is 9.53 Å². The van der Waals surface area contributed by atoms with E-state index in [1.807, 2.05) is 39.0 Å². The van der Waals surface area contributed by atoms with E-state index in [9.17, 15) is 9.59 Å². The van der Waals surface area contributed by atoms with Crippen molar-refractivity contribution < 1.29 is 14.3 Å². The Kier molecular flexibility index (Phi) is 6.57. The third kappa shape index (κ3) is 5.35. The minimum Gasteiger partial charge on any atom is -0.462 e. The molecular formula is C20H24N2O3. The maximum Gasteiger partial charge on any atom is 0.338 e. The van der Waals surface area contributed by atoms with Crippen LogP contribution in [0, 0.1) is 13.8 Å². The van der Waals surface area contributed by atoms with Gasteiger partial charge in [-0.25, -0.2) is 4.79 Å². The van der Waals surface area contributed by atoms with Crippen molar-refractivity contribution in [2.45, 2.75) is 27.2 Å². The van der Waals surface area contributed by atoms with Crippen LogP contribution in [0.2, 0.25) is 0 Å². The van der Waals surface area contributed by atoms with Gasteiger partial charge in [0.15, 0.2) is 0 Å². The number of nitrogens with one attached hydrogen (secondary N) is 2. The number of hydrogen-bond acceptors (Lipinski definition) is 4. The minimum absolute atomic E-state index is 0.151. The molecule has 0 saturated carbocycles. The Morgan fingerprint density at radius 2 is 1.76 bits per heavy atom. The van der Waals surface area contributed by atoms with Crippen LogP contribution in [-0.4, -0.2) is 25.0 Å². The van der Waals surface area contributed by atoms with E-state index in [-0.39, 0.29) is 18.4 Å². The van der Waals surface area contributed by atoms with Crippen molar-refractivity contribution in [3.05, 3.63) is 59.2 Å². The van der Waals surface area contributed by atoms with E-state index in [1.165, 1.54) is 5.56 Å². The van der Waals surface area contributed by atoms with E-state index in [4.69, 9.17) is 4.74 Å². The molecule has 0 fully saturated rings. The Labute approximate surface area is 148 Å². The number of hydrogen-bond donors (Lipinski definition) is 2. The molecule has 25 heavy (non-hydrogen) atoms. The first kappa shape index (κ1) is 18.5. The van der Waals surface area contributed by atoms with Crippen LogP contribution >= 0.6 is 0 Å². The number of aryl methyl sites for hydroxylation is 1. The second-order valence-corrected chi connectivity index (χ2v) is 5.86. The predicted molar refractivity (Wildman–Crippen MR) is 100 cm³/mol. The van der Waals surface area contributed by atoms with E-state index < -0.39 is 0 Å². The maximum absolute atomic E-state index is 12.1. The van der Waals surface area contributed by atoms with Gasteiger partial charge in [-0.3, -0.25) is 4.79 Å². The summed E-state index contributed by atoms with van der Waals surface area (Å²) < 4.78 is 5.07. The molecule has 5 heteroatoms. The second kappa shape index (κ2) is 8.87. The maximum atomic E-state index is 12.1. The molecule has 0 aliphatic rings. The summed E-state index contributed by atoms with van der Waals surface area (Å²) >= 11 is 0. The fraction of sp³-hybridized carbons (Fsp3) is 0.300. The monoisotopic (exact) mass is 340 g/mol. The lowest BCUT2D eigenvalue weighted by molar-refractivity contribution is -0.114. The number of esters is 1. The summed E-state index contributed by atoms with van der Waals surface area (Å²) in [4.78, 5) is 23.8. The molecule has 0 aliphatic carbocycles. The molecule has 0 unspecified atom stereocenters. The molecule has 0 spiro atoms. The number of anilines is 2. The van der Waals surface area contributed by atoms with Crippen LogP contribution < -0.4 is 10.6 Å². The highest BCUT2D eigenvalue weighted by molar-refractivity contribution is 5.95.